The fraction of sp³-hybridized carbons (Fsp3) is 0.375. The van der Waals surface area contributed by atoms with E-state index in [-0.39, 0.29) is 0 Å². The van der Waals surface area contributed by atoms with Crippen LogP contribution in [0.25, 0.3) is 22.2 Å². The Balaban J connectivity index is 1.70. The summed E-state index contributed by atoms with van der Waals surface area (Å²) >= 11 is 0. The third-order valence-corrected chi connectivity index (χ3v) is 4.58. The van der Waals surface area contributed by atoms with Gasteiger partial charge in [-0.05, 0) is 24.8 Å². The number of nitrogens with zero attached hydrogens (tertiary/aromatic N) is 5. The fourth-order valence-corrected chi connectivity index (χ4v) is 3.48. The molecule has 0 saturated heterocycles. The lowest BCUT2D eigenvalue weighted by atomic mass is 10.0. The summed E-state index contributed by atoms with van der Waals surface area (Å²) in [4.78, 5) is 3.08. The second-order valence-corrected chi connectivity index (χ2v) is 5.83. The van der Waals surface area contributed by atoms with Crippen molar-refractivity contribution in [3.05, 3.63) is 30.9 Å². The molecular weight excluding hydrogens is 276 g/mol. The zero-order valence-electron chi connectivity index (χ0n) is 12.1. The van der Waals surface area contributed by atoms with Crippen LogP contribution in [0.2, 0.25) is 0 Å². The first-order valence-electron chi connectivity index (χ1n) is 7.57. The van der Waals surface area contributed by atoms with E-state index in [0.29, 0.717) is 18.4 Å². The van der Waals surface area contributed by atoms with E-state index in [2.05, 4.69) is 32.5 Å². The molecular formula is C16H16N6. The first-order valence-corrected chi connectivity index (χ1v) is 7.57. The van der Waals surface area contributed by atoms with Gasteiger partial charge in [0, 0.05) is 35.3 Å². The van der Waals surface area contributed by atoms with Crippen LogP contribution in [0.1, 0.15) is 31.7 Å². The minimum absolute atomic E-state index is 0.338. The fourth-order valence-electron chi connectivity index (χ4n) is 3.48. The van der Waals surface area contributed by atoms with Gasteiger partial charge in [-0.3, -0.25) is 4.68 Å². The van der Waals surface area contributed by atoms with Gasteiger partial charge in [-0.2, -0.15) is 15.5 Å². The molecule has 1 saturated carbocycles. The number of aromatic amines is 1. The van der Waals surface area contributed by atoms with Gasteiger partial charge in [-0.25, -0.2) is 0 Å². The molecule has 0 radical (unpaired) electrons. The Bertz CT molecular complexity index is 840. The number of hydrogen-bond acceptors (Lipinski definition) is 4. The lowest BCUT2D eigenvalue weighted by Gasteiger charge is -2.17. The van der Waals surface area contributed by atoms with Crippen LogP contribution in [0.5, 0.6) is 0 Å². The average molecular weight is 292 g/mol. The lowest BCUT2D eigenvalue weighted by Crippen LogP contribution is -2.14. The molecule has 2 atom stereocenters. The van der Waals surface area contributed by atoms with Crippen LogP contribution in [0.4, 0.5) is 0 Å². The maximum atomic E-state index is 8.97. The normalized spacial score (nSPS) is 21.2. The van der Waals surface area contributed by atoms with Crippen molar-refractivity contribution in [3.8, 4) is 17.2 Å². The second-order valence-electron chi connectivity index (χ2n) is 5.83. The van der Waals surface area contributed by atoms with E-state index in [1.54, 1.807) is 6.20 Å². The van der Waals surface area contributed by atoms with Gasteiger partial charge in [0.15, 0.2) is 5.65 Å². The first kappa shape index (κ1) is 13.0. The number of fused-ring (bicyclic) bond motifs is 1. The van der Waals surface area contributed by atoms with Crippen LogP contribution in [-0.2, 0) is 0 Å². The maximum Gasteiger partial charge on any atom is 0.160 e. The van der Waals surface area contributed by atoms with Crippen molar-refractivity contribution < 1.29 is 0 Å². The smallest absolute Gasteiger partial charge is 0.160 e. The van der Waals surface area contributed by atoms with Crippen LogP contribution in [0.15, 0.2) is 30.9 Å². The molecule has 0 aromatic carbocycles. The molecule has 3 aromatic heterocycles. The molecule has 6 heteroatoms. The summed E-state index contributed by atoms with van der Waals surface area (Å²) in [6, 6.07) is 4.65. The van der Waals surface area contributed by atoms with Crippen molar-refractivity contribution >= 4 is 11.0 Å². The van der Waals surface area contributed by atoms with Gasteiger partial charge in [0.1, 0.15) is 0 Å². The van der Waals surface area contributed by atoms with Crippen molar-refractivity contribution in [2.24, 2.45) is 5.92 Å². The zero-order valence-corrected chi connectivity index (χ0v) is 12.1. The van der Waals surface area contributed by atoms with Crippen molar-refractivity contribution in [2.45, 2.75) is 31.7 Å². The Hall–Kier alpha value is -2.68. The first-order chi connectivity index (χ1) is 10.9. The standard InChI is InChI=1S/C16H16N6/c17-6-4-11-2-1-3-15(11)22-10-12(8-20-22)14-9-19-21-16-13(14)5-7-18-16/h5,7-11,15H,1-4H2,(H,18,21). The molecule has 1 aliphatic carbocycles. The number of nitrogens with one attached hydrogen (secondary N) is 1. The van der Waals surface area contributed by atoms with Gasteiger partial charge in [0.25, 0.3) is 0 Å². The molecule has 0 spiro atoms. The quantitative estimate of drug-likeness (QED) is 0.804. The average Bonchev–Trinajstić information content (AvgIpc) is 3.26. The SMILES string of the molecule is N#CCC1CCCC1n1cc(-c2cnnc3[nH]ccc23)cn1. The maximum absolute atomic E-state index is 8.97. The molecule has 110 valence electrons. The molecule has 1 aliphatic rings. The summed E-state index contributed by atoms with van der Waals surface area (Å²) in [6.45, 7) is 0. The van der Waals surface area contributed by atoms with E-state index in [4.69, 9.17) is 5.26 Å². The Morgan fingerprint density at radius 2 is 2.32 bits per heavy atom. The Morgan fingerprint density at radius 1 is 1.36 bits per heavy atom. The van der Waals surface area contributed by atoms with Crippen molar-refractivity contribution in [3.63, 3.8) is 0 Å². The van der Waals surface area contributed by atoms with E-state index in [1.165, 1.54) is 6.42 Å². The molecule has 2 unspecified atom stereocenters. The predicted molar refractivity (Wildman–Crippen MR) is 81.7 cm³/mol. The van der Waals surface area contributed by atoms with E-state index in [0.717, 1.165) is 35.0 Å². The van der Waals surface area contributed by atoms with Crippen molar-refractivity contribution in [1.82, 2.24) is 25.0 Å². The van der Waals surface area contributed by atoms with Gasteiger partial charge < -0.3 is 4.98 Å². The van der Waals surface area contributed by atoms with Crippen molar-refractivity contribution in [1.29, 1.82) is 5.26 Å². The highest BCUT2D eigenvalue weighted by molar-refractivity contribution is 5.91. The number of nitriles is 1. The van der Waals surface area contributed by atoms with Gasteiger partial charge in [-0.1, -0.05) is 6.42 Å². The molecule has 3 heterocycles. The Kier molecular flexibility index (Phi) is 3.11. The van der Waals surface area contributed by atoms with Crippen molar-refractivity contribution in [2.75, 3.05) is 0 Å². The zero-order chi connectivity index (χ0) is 14.9. The summed E-state index contributed by atoms with van der Waals surface area (Å²) < 4.78 is 2.03. The summed E-state index contributed by atoms with van der Waals surface area (Å²) in [5.41, 5.74) is 2.86. The van der Waals surface area contributed by atoms with Crippen LogP contribution in [-0.4, -0.2) is 25.0 Å². The van der Waals surface area contributed by atoms with E-state index in [9.17, 15) is 0 Å². The topological polar surface area (TPSA) is 83.2 Å². The monoisotopic (exact) mass is 292 g/mol. The minimum atomic E-state index is 0.338. The number of H-pyrrole nitrogens is 1. The van der Waals surface area contributed by atoms with Crippen LogP contribution in [0.3, 0.4) is 0 Å². The molecule has 0 bridgehead atoms. The highest BCUT2D eigenvalue weighted by Gasteiger charge is 2.29. The number of rotatable bonds is 3. The van der Waals surface area contributed by atoms with E-state index >= 15 is 0 Å². The molecule has 1 fully saturated rings. The summed E-state index contributed by atoms with van der Waals surface area (Å²) in [5, 5.41) is 22.7. The second kappa shape index (κ2) is 5.26. The van der Waals surface area contributed by atoms with Crippen LogP contribution in [0, 0.1) is 17.2 Å². The molecule has 3 aromatic rings. The lowest BCUT2D eigenvalue weighted by molar-refractivity contribution is 0.356. The minimum Gasteiger partial charge on any atom is -0.345 e. The molecule has 1 N–H and O–H groups in total. The van der Waals surface area contributed by atoms with Gasteiger partial charge in [0.2, 0.25) is 0 Å². The third-order valence-electron chi connectivity index (χ3n) is 4.58. The van der Waals surface area contributed by atoms with Gasteiger partial charge >= 0.3 is 0 Å². The highest BCUT2D eigenvalue weighted by atomic mass is 15.3. The highest BCUT2D eigenvalue weighted by Crippen LogP contribution is 2.38. The largest absolute Gasteiger partial charge is 0.345 e. The third kappa shape index (κ3) is 2.06. The molecule has 22 heavy (non-hydrogen) atoms. The summed E-state index contributed by atoms with van der Waals surface area (Å²) in [6.07, 6.45) is 11.6. The van der Waals surface area contributed by atoms with Crippen LogP contribution < -0.4 is 0 Å². The number of hydrogen-bond donors (Lipinski definition) is 1. The van der Waals surface area contributed by atoms with E-state index < -0.39 is 0 Å². The van der Waals surface area contributed by atoms with E-state index in [1.807, 2.05) is 23.1 Å². The summed E-state index contributed by atoms with van der Waals surface area (Å²) in [7, 11) is 0. The predicted octanol–water partition coefficient (Wildman–Crippen LogP) is 3.08. The van der Waals surface area contributed by atoms with Gasteiger partial charge in [-0.15, -0.1) is 5.10 Å². The Labute approximate surface area is 127 Å². The van der Waals surface area contributed by atoms with Crippen LogP contribution >= 0.6 is 0 Å². The molecule has 6 nitrogen and oxygen atoms in total. The Morgan fingerprint density at radius 3 is 3.23 bits per heavy atom. The number of aromatic nitrogens is 5. The molecule has 0 aliphatic heterocycles. The molecule has 4 rings (SSSR count). The summed E-state index contributed by atoms with van der Waals surface area (Å²) in [5.74, 6) is 0.417. The van der Waals surface area contributed by atoms with Gasteiger partial charge in [0.05, 0.1) is 24.5 Å². The molecule has 0 amide bonds.